The highest BCUT2D eigenvalue weighted by Gasteiger charge is 2.09. The summed E-state index contributed by atoms with van der Waals surface area (Å²) in [5, 5.41) is 0. The van der Waals surface area contributed by atoms with Gasteiger partial charge in [-0.3, -0.25) is 4.79 Å². The van der Waals surface area contributed by atoms with E-state index in [0.29, 0.717) is 12.4 Å². The molecule has 2 aromatic rings. The summed E-state index contributed by atoms with van der Waals surface area (Å²) >= 11 is 3.36. The predicted octanol–water partition coefficient (Wildman–Crippen LogP) is 4.25. The van der Waals surface area contributed by atoms with Crippen LogP contribution in [0.15, 0.2) is 46.9 Å². The van der Waals surface area contributed by atoms with Crippen LogP contribution in [0, 0.1) is 5.82 Å². The Labute approximate surface area is 130 Å². The number of rotatable bonds is 6. The molecule has 0 saturated heterocycles. The summed E-state index contributed by atoms with van der Waals surface area (Å²) in [7, 11) is 0. The van der Waals surface area contributed by atoms with Crippen molar-refractivity contribution in [2.24, 2.45) is 0 Å². The summed E-state index contributed by atoms with van der Waals surface area (Å²) in [5.41, 5.74) is 0.234. The van der Waals surface area contributed by atoms with Crippen LogP contribution in [0.2, 0.25) is 0 Å². The number of hydrogen-bond acceptors (Lipinski definition) is 3. The fraction of sp³-hybridized carbons (Fsp3) is 0.188. The maximum Gasteiger partial charge on any atom is 0.163 e. The van der Waals surface area contributed by atoms with Crippen molar-refractivity contribution in [3.63, 3.8) is 0 Å². The first kappa shape index (κ1) is 15.5. The van der Waals surface area contributed by atoms with Crippen LogP contribution in [0.3, 0.4) is 0 Å². The lowest BCUT2D eigenvalue weighted by atomic mass is 10.1. The van der Waals surface area contributed by atoms with Crippen molar-refractivity contribution in [1.29, 1.82) is 0 Å². The van der Waals surface area contributed by atoms with Crippen molar-refractivity contribution >= 4 is 21.7 Å². The molecule has 0 amide bonds. The Bertz CT molecular complexity index is 643. The molecule has 21 heavy (non-hydrogen) atoms. The number of ketones is 1. The standard InChI is InChI=1S/C16H14BrFO3/c1-11(19)15-10-13(18)5-6-16(15)21-8-7-20-14-4-2-3-12(17)9-14/h2-6,9-10H,7-8H2,1H3. The molecule has 0 N–H and O–H groups in total. The van der Waals surface area contributed by atoms with Gasteiger partial charge in [0.05, 0.1) is 5.56 Å². The van der Waals surface area contributed by atoms with Crippen molar-refractivity contribution in [3.05, 3.63) is 58.3 Å². The first-order chi connectivity index (χ1) is 10.1. The maximum absolute atomic E-state index is 13.1. The van der Waals surface area contributed by atoms with Gasteiger partial charge in [0.15, 0.2) is 5.78 Å². The monoisotopic (exact) mass is 352 g/mol. The molecule has 0 aliphatic carbocycles. The number of Topliss-reactive ketones (excluding diaryl/α,β-unsaturated/α-hetero) is 1. The van der Waals surface area contributed by atoms with Crippen LogP contribution in [0.1, 0.15) is 17.3 Å². The van der Waals surface area contributed by atoms with Gasteiger partial charge in [0.1, 0.15) is 30.5 Å². The lowest BCUT2D eigenvalue weighted by molar-refractivity contribution is 0.101. The lowest BCUT2D eigenvalue weighted by Crippen LogP contribution is -2.11. The number of hydrogen-bond donors (Lipinski definition) is 0. The van der Waals surface area contributed by atoms with Crippen molar-refractivity contribution in [1.82, 2.24) is 0 Å². The van der Waals surface area contributed by atoms with Crippen molar-refractivity contribution in [3.8, 4) is 11.5 Å². The highest BCUT2D eigenvalue weighted by molar-refractivity contribution is 9.10. The van der Waals surface area contributed by atoms with E-state index in [4.69, 9.17) is 9.47 Å². The summed E-state index contributed by atoms with van der Waals surface area (Å²) < 4.78 is 25.0. The fourth-order valence-electron chi connectivity index (χ4n) is 1.77. The number of carbonyl (C=O) groups is 1. The molecule has 2 aromatic carbocycles. The van der Waals surface area contributed by atoms with Gasteiger partial charge >= 0.3 is 0 Å². The second-order valence-electron chi connectivity index (χ2n) is 4.35. The van der Waals surface area contributed by atoms with Crippen molar-refractivity contribution in [2.75, 3.05) is 13.2 Å². The predicted molar refractivity (Wildman–Crippen MR) is 81.5 cm³/mol. The topological polar surface area (TPSA) is 35.5 Å². The second-order valence-corrected chi connectivity index (χ2v) is 5.27. The zero-order chi connectivity index (χ0) is 15.2. The third-order valence-corrected chi connectivity index (χ3v) is 3.22. The van der Waals surface area contributed by atoms with E-state index in [1.54, 1.807) is 0 Å². The minimum atomic E-state index is -0.460. The number of carbonyl (C=O) groups excluding carboxylic acids is 1. The van der Waals surface area contributed by atoms with E-state index in [-0.39, 0.29) is 18.0 Å². The van der Waals surface area contributed by atoms with Gasteiger partial charge in [-0.1, -0.05) is 22.0 Å². The Morgan fingerprint density at radius 2 is 1.90 bits per heavy atom. The van der Waals surface area contributed by atoms with Gasteiger partial charge in [-0.15, -0.1) is 0 Å². The molecule has 0 atom stereocenters. The van der Waals surface area contributed by atoms with Gasteiger partial charge in [-0.25, -0.2) is 4.39 Å². The Hall–Kier alpha value is -1.88. The van der Waals surface area contributed by atoms with Crippen LogP contribution in [-0.2, 0) is 0 Å². The summed E-state index contributed by atoms with van der Waals surface area (Å²) in [6.07, 6.45) is 0. The van der Waals surface area contributed by atoms with Gasteiger partial charge in [0, 0.05) is 4.47 Å². The molecule has 2 rings (SSSR count). The van der Waals surface area contributed by atoms with Gasteiger partial charge in [0.2, 0.25) is 0 Å². The second kappa shape index (κ2) is 7.22. The minimum Gasteiger partial charge on any atom is -0.490 e. The molecule has 0 bridgehead atoms. The van der Waals surface area contributed by atoms with E-state index < -0.39 is 5.82 Å². The number of ether oxygens (including phenoxy) is 2. The molecule has 0 radical (unpaired) electrons. The molecule has 0 aliphatic heterocycles. The molecule has 5 heteroatoms. The van der Waals surface area contributed by atoms with Crippen LogP contribution in [0.5, 0.6) is 11.5 Å². The summed E-state index contributed by atoms with van der Waals surface area (Å²) in [6, 6.07) is 11.3. The highest BCUT2D eigenvalue weighted by atomic mass is 79.9. The molecule has 0 aliphatic rings. The summed E-state index contributed by atoms with van der Waals surface area (Å²) in [6.45, 7) is 1.96. The van der Waals surface area contributed by atoms with Crippen molar-refractivity contribution < 1.29 is 18.7 Å². The third kappa shape index (κ3) is 4.56. The van der Waals surface area contributed by atoms with Crippen LogP contribution >= 0.6 is 15.9 Å². The zero-order valence-corrected chi connectivity index (χ0v) is 13.0. The molecule has 0 aromatic heterocycles. The quantitative estimate of drug-likeness (QED) is 0.575. The first-order valence-corrected chi connectivity index (χ1v) is 7.17. The number of halogens is 2. The average Bonchev–Trinajstić information content (AvgIpc) is 2.44. The lowest BCUT2D eigenvalue weighted by Gasteiger charge is -2.11. The largest absolute Gasteiger partial charge is 0.490 e. The van der Waals surface area contributed by atoms with E-state index >= 15 is 0 Å². The summed E-state index contributed by atoms with van der Waals surface area (Å²) in [5.74, 6) is 0.385. The highest BCUT2D eigenvalue weighted by Crippen LogP contribution is 2.21. The summed E-state index contributed by atoms with van der Waals surface area (Å²) in [4.78, 5) is 11.4. The molecule has 0 fully saturated rings. The molecular weight excluding hydrogens is 339 g/mol. The molecule has 0 heterocycles. The molecule has 3 nitrogen and oxygen atoms in total. The third-order valence-electron chi connectivity index (χ3n) is 2.73. The molecule has 110 valence electrons. The Morgan fingerprint density at radius 3 is 2.62 bits per heavy atom. The molecule has 0 saturated carbocycles. The maximum atomic E-state index is 13.1. The van der Waals surface area contributed by atoms with E-state index in [0.717, 1.165) is 10.2 Å². The minimum absolute atomic E-state index is 0.234. The van der Waals surface area contributed by atoms with E-state index in [2.05, 4.69) is 15.9 Å². The van der Waals surface area contributed by atoms with Crippen LogP contribution in [-0.4, -0.2) is 19.0 Å². The molecule has 0 spiro atoms. The van der Waals surface area contributed by atoms with E-state index in [1.807, 2.05) is 24.3 Å². The van der Waals surface area contributed by atoms with Crippen molar-refractivity contribution in [2.45, 2.75) is 6.92 Å². The van der Waals surface area contributed by atoms with Gasteiger partial charge < -0.3 is 9.47 Å². The van der Waals surface area contributed by atoms with Crippen LogP contribution in [0.4, 0.5) is 4.39 Å². The fourth-order valence-corrected chi connectivity index (χ4v) is 2.15. The normalized spacial score (nSPS) is 10.2. The van der Waals surface area contributed by atoms with Gasteiger partial charge in [0.25, 0.3) is 0 Å². The number of benzene rings is 2. The van der Waals surface area contributed by atoms with Crippen LogP contribution < -0.4 is 9.47 Å². The first-order valence-electron chi connectivity index (χ1n) is 6.38. The smallest absolute Gasteiger partial charge is 0.163 e. The average molecular weight is 353 g/mol. The molecule has 0 unspecified atom stereocenters. The van der Waals surface area contributed by atoms with Gasteiger partial charge in [-0.05, 0) is 43.3 Å². The Kier molecular flexibility index (Phi) is 5.33. The zero-order valence-electron chi connectivity index (χ0n) is 11.4. The van der Waals surface area contributed by atoms with Crippen LogP contribution in [0.25, 0.3) is 0 Å². The Balaban J connectivity index is 1.90. The van der Waals surface area contributed by atoms with Gasteiger partial charge in [-0.2, -0.15) is 0 Å². The Morgan fingerprint density at radius 1 is 1.14 bits per heavy atom. The van der Waals surface area contributed by atoms with E-state index in [1.165, 1.54) is 25.1 Å². The van der Waals surface area contributed by atoms with E-state index in [9.17, 15) is 9.18 Å². The molecular formula is C16H14BrFO3. The SMILES string of the molecule is CC(=O)c1cc(F)ccc1OCCOc1cccc(Br)c1.